The SMILES string of the molecule is COC(=O)[C@H](CCCCNC(=O)C(O)C(O)C(O)C(O)C(C)=O)NC(=O)[C@H](CO)NC(=O)[C@H](CO)NC(=O)CNC(C)C. The Balaban J connectivity index is 4.94. The molecule has 43 heavy (non-hydrogen) atoms. The van der Waals surface area contributed by atoms with Crippen molar-refractivity contribution in [1.82, 2.24) is 26.6 Å². The molecule has 0 aromatic carbocycles. The van der Waals surface area contributed by atoms with Crippen LogP contribution < -0.4 is 26.6 Å². The van der Waals surface area contributed by atoms with Crippen LogP contribution in [0.1, 0.15) is 40.0 Å². The van der Waals surface area contributed by atoms with Crippen LogP contribution in [0.25, 0.3) is 0 Å². The molecule has 0 fully saturated rings. The van der Waals surface area contributed by atoms with E-state index in [2.05, 4.69) is 31.3 Å². The lowest BCUT2D eigenvalue weighted by atomic mass is 10.0. The number of hydrogen-bond acceptors (Lipinski definition) is 14. The number of carbonyl (C=O) groups excluding carboxylic acids is 6. The predicted molar refractivity (Wildman–Crippen MR) is 147 cm³/mol. The zero-order chi connectivity index (χ0) is 33.3. The lowest BCUT2D eigenvalue weighted by molar-refractivity contribution is -0.153. The largest absolute Gasteiger partial charge is 0.467 e. The first-order valence-electron chi connectivity index (χ1n) is 13.5. The summed E-state index contributed by atoms with van der Waals surface area (Å²) in [6.07, 6.45) is -8.04. The summed E-state index contributed by atoms with van der Waals surface area (Å²) in [5.41, 5.74) is 0. The van der Waals surface area contributed by atoms with Gasteiger partial charge in [-0.1, -0.05) is 13.8 Å². The van der Waals surface area contributed by atoms with Gasteiger partial charge in [0, 0.05) is 12.6 Å². The quantitative estimate of drug-likeness (QED) is 0.0419. The number of rotatable bonds is 21. The van der Waals surface area contributed by atoms with E-state index in [0.29, 0.717) is 0 Å². The Morgan fingerprint density at radius 3 is 1.72 bits per heavy atom. The van der Waals surface area contributed by atoms with E-state index in [1.807, 2.05) is 0 Å². The summed E-state index contributed by atoms with van der Waals surface area (Å²) in [5, 5.41) is 69.9. The number of ether oxygens (including phenoxy) is 1. The van der Waals surface area contributed by atoms with Gasteiger partial charge in [0.1, 0.15) is 36.4 Å². The van der Waals surface area contributed by atoms with Crippen molar-refractivity contribution in [3.63, 3.8) is 0 Å². The molecule has 4 amide bonds. The van der Waals surface area contributed by atoms with E-state index < -0.39 is 91.1 Å². The minimum absolute atomic E-state index is 0.0155. The zero-order valence-corrected chi connectivity index (χ0v) is 24.6. The number of nitrogens with one attached hydrogen (secondary N) is 5. The maximum atomic E-state index is 12.7. The summed E-state index contributed by atoms with van der Waals surface area (Å²) in [4.78, 5) is 72.5. The minimum atomic E-state index is -2.16. The van der Waals surface area contributed by atoms with Gasteiger partial charge in [-0.2, -0.15) is 0 Å². The molecular weight excluding hydrogens is 578 g/mol. The van der Waals surface area contributed by atoms with E-state index in [9.17, 15) is 59.4 Å². The van der Waals surface area contributed by atoms with Crippen LogP contribution in [-0.4, -0.2) is 148 Å². The molecule has 0 saturated carbocycles. The maximum absolute atomic E-state index is 12.7. The van der Waals surface area contributed by atoms with E-state index >= 15 is 0 Å². The van der Waals surface area contributed by atoms with Gasteiger partial charge in [0.2, 0.25) is 17.7 Å². The van der Waals surface area contributed by atoms with Crippen LogP contribution in [0.4, 0.5) is 0 Å². The van der Waals surface area contributed by atoms with Crippen LogP contribution in [0.3, 0.4) is 0 Å². The van der Waals surface area contributed by atoms with Crippen LogP contribution in [0, 0.1) is 0 Å². The Morgan fingerprint density at radius 2 is 1.23 bits per heavy atom. The molecule has 0 radical (unpaired) electrons. The van der Waals surface area contributed by atoms with Crippen LogP contribution in [-0.2, 0) is 33.5 Å². The number of carbonyl (C=O) groups is 6. The molecule has 7 atom stereocenters. The molecule has 0 spiro atoms. The maximum Gasteiger partial charge on any atom is 0.328 e. The predicted octanol–water partition coefficient (Wildman–Crippen LogP) is -6.08. The highest BCUT2D eigenvalue weighted by Gasteiger charge is 2.36. The average molecular weight is 624 g/mol. The van der Waals surface area contributed by atoms with Gasteiger partial charge >= 0.3 is 5.97 Å². The number of aliphatic hydroxyl groups is 6. The summed E-state index contributed by atoms with van der Waals surface area (Å²) in [6, 6.07) is -4.22. The molecule has 0 aromatic heterocycles. The van der Waals surface area contributed by atoms with Crippen LogP contribution in [0.5, 0.6) is 0 Å². The highest BCUT2D eigenvalue weighted by Crippen LogP contribution is 2.07. The molecule has 0 saturated heterocycles. The van der Waals surface area contributed by atoms with Gasteiger partial charge in [-0.3, -0.25) is 24.0 Å². The Bertz CT molecular complexity index is 935. The van der Waals surface area contributed by atoms with Gasteiger partial charge in [0.15, 0.2) is 11.9 Å². The zero-order valence-electron chi connectivity index (χ0n) is 24.6. The lowest BCUT2D eigenvalue weighted by Gasteiger charge is -2.24. The van der Waals surface area contributed by atoms with E-state index in [4.69, 9.17) is 0 Å². The molecule has 248 valence electrons. The fourth-order valence-corrected chi connectivity index (χ4v) is 3.42. The number of unbranched alkanes of at least 4 members (excludes halogenated alkanes) is 1. The van der Waals surface area contributed by atoms with Crippen molar-refractivity contribution in [2.45, 2.75) is 88.6 Å². The number of Topliss-reactive ketones (excluding diaryl/α,β-unsaturated/α-hetero) is 1. The molecule has 0 rings (SSSR count). The number of methoxy groups -OCH3 is 1. The van der Waals surface area contributed by atoms with Gasteiger partial charge in [-0.05, 0) is 26.2 Å². The van der Waals surface area contributed by atoms with Crippen molar-refractivity contribution in [3.8, 4) is 0 Å². The Labute approximate surface area is 248 Å². The molecular formula is C25H45N5O13. The van der Waals surface area contributed by atoms with Crippen molar-refractivity contribution in [2.75, 3.05) is 33.4 Å². The summed E-state index contributed by atoms with van der Waals surface area (Å²) >= 11 is 0. The topological polar surface area (TPSA) is 293 Å². The van der Waals surface area contributed by atoms with Crippen molar-refractivity contribution in [2.24, 2.45) is 0 Å². The molecule has 4 unspecified atom stereocenters. The number of hydrogen-bond donors (Lipinski definition) is 11. The van der Waals surface area contributed by atoms with Gasteiger partial charge in [-0.15, -0.1) is 0 Å². The smallest absolute Gasteiger partial charge is 0.328 e. The summed E-state index contributed by atoms with van der Waals surface area (Å²) in [6.45, 7) is 2.65. The second-order valence-electron chi connectivity index (χ2n) is 9.93. The number of aliphatic hydroxyl groups excluding tert-OH is 6. The molecule has 0 aliphatic carbocycles. The summed E-state index contributed by atoms with van der Waals surface area (Å²) < 4.78 is 4.67. The fourth-order valence-electron chi connectivity index (χ4n) is 3.42. The molecule has 18 nitrogen and oxygen atoms in total. The van der Waals surface area contributed by atoms with Crippen LogP contribution in [0.2, 0.25) is 0 Å². The highest BCUT2D eigenvalue weighted by atomic mass is 16.5. The molecule has 0 heterocycles. The fraction of sp³-hybridized carbons (Fsp3) is 0.760. The second-order valence-corrected chi connectivity index (χ2v) is 9.93. The van der Waals surface area contributed by atoms with Crippen LogP contribution in [0.15, 0.2) is 0 Å². The third kappa shape index (κ3) is 14.7. The van der Waals surface area contributed by atoms with E-state index in [1.54, 1.807) is 13.8 Å². The number of ketones is 1. The molecule has 0 aromatic rings. The monoisotopic (exact) mass is 623 g/mol. The van der Waals surface area contributed by atoms with Crippen molar-refractivity contribution < 1.29 is 64.1 Å². The summed E-state index contributed by atoms with van der Waals surface area (Å²) in [5.74, 6) is -5.36. The van der Waals surface area contributed by atoms with Crippen molar-refractivity contribution >= 4 is 35.4 Å². The van der Waals surface area contributed by atoms with Crippen molar-refractivity contribution in [1.29, 1.82) is 0 Å². The lowest BCUT2D eigenvalue weighted by Crippen LogP contribution is -2.58. The van der Waals surface area contributed by atoms with Gasteiger partial charge in [0.05, 0.1) is 26.9 Å². The van der Waals surface area contributed by atoms with Crippen molar-refractivity contribution in [3.05, 3.63) is 0 Å². The Kier molecular flexibility index (Phi) is 19.0. The highest BCUT2D eigenvalue weighted by molar-refractivity contribution is 5.94. The Hall–Kier alpha value is -3.26. The third-order valence-electron chi connectivity index (χ3n) is 6.02. The molecule has 18 heteroatoms. The van der Waals surface area contributed by atoms with Gasteiger partial charge < -0.3 is 62.0 Å². The molecule has 0 aliphatic rings. The van der Waals surface area contributed by atoms with E-state index in [-0.39, 0.29) is 38.4 Å². The standard InChI is InChI=1S/C25H45N5O13/c1-12(2)27-9-17(34)28-15(10-31)22(39)30-16(11-32)23(40)29-14(25(42)43-4)7-5-6-8-26-24(41)21(38)20(37)19(36)18(35)13(3)33/h12,14-16,18-21,27,31-32,35-38H,5-11H2,1-4H3,(H,26,41)(H,28,34)(H,29,40)(H,30,39)/t14-,15-,16-,18?,19?,20?,21?/m0/s1. The third-order valence-corrected chi connectivity index (χ3v) is 6.02. The Morgan fingerprint density at radius 1 is 0.721 bits per heavy atom. The molecule has 0 bridgehead atoms. The first-order chi connectivity index (χ1) is 20.1. The minimum Gasteiger partial charge on any atom is -0.467 e. The molecule has 11 N–H and O–H groups in total. The normalized spacial score (nSPS) is 16.1. The average Bonchev–Trinajstić information content (AvgIpc) is 2.97. The second kappa shape index (κ2) is 20.6. The van der Waals surface area contributed by atoms with Crippen LogP contribution >= 0.6 is 0 Å². The summed E-state index contributed by atoms with van der Waals surface area (Å²) in [7, 11) is 1.07. The van der Waals surface area contributed by atoms with Gasteiger partial charge in [0.25, 0.3) is 5.91 Å². The number of esters is 1. The van der Waals surface area contributed by atoms with E-state index in [0.717, 1.165) is 14.0 Å². The first-order valence-corrected chi connectivity index (χ1v) is 13.5. The van der Waals surface area contributed by atoms with E-state index in [1.165, 1.54) is 0 Å². The molecule has 0 aliphatic heterocycles. The van der Waals surface area contributed by atoms with Gasteiger partial charge in [-0.25, -0.2) is 4.79 Å². The number of amides is 4. The first kappa shape index (κ1) is 39.7.